The SMILES string of the molecule is OC1C=Cc2ccc(OCCCCN3CCNCC3)cc2N1. The number of piperazine rings is 1. The van der Waals surface area contributed by atoms with Gasteiger partial charge in [-0.3, -0.25) is 0 Å². The first kappa shape index (κ1) is 15.3. The Bertz CT molecular complexity index is 513. The number of aliphatic hydroxyl groups is 1. The first-order chi connectivity index (χ1) is 10.8. The third-order valence-corrected chi connectivity index (χ3v) is 4.13. The number of hydrogen-bond acceptors (Lipinski definition) is 5. The van der Waals surface area contributed by atoms with Gasteiger partial charge in [0, 0.05) is 37.9 Å². The summed E-state index contributed by atoms with van der Waals surface area (Å²) in [6.07, 6.45) is 5.29. The van der Waals surface area contributed by atoms with Gasteiger partial charge in [-0.1, -0.05) is 6.08 Å². The lowest BCUT2D eigenvalue weighted by molar-refractivity contribution is 0.226. The fourth-order valence-electron chi connectivity index (χ4n) is 2.86. The Balaban J connectivity index is 1.38. The number of aliphatic hydroxyl groups excluding tert-OH is 1. The van der Waals surface area contributed by atoms with Crippen molar-refractivity contribution in [3.05, 3.63) is 29.8 Å². The highest BCUT2D eigenvalue weighted by molar-refractivity contribution is 5.71. The molecule has 0 saturated carbocycles. The molecule has 0 amide bonds. The molecule has 120 valence electrons. The van der Waals surface area contributed by atoms with E-state index in [2.05, 4.69) is 15.5 Å². The molecule has 5 nitrogen and oxygen atoms in total. The van der Waals surface area contributed by atoms with Gasteiger partial charge in [0.2, 0.25) is 0 Å². The van der Waals surface area contributed by atoms with Crippen molar-refractivity contribution >= 4 is 11.8 Å². The Morgan fingerprint density at radius 1 is 1.23 bits per heavy atom. The van der Waals surface area contributed by atoms with Crippen molar-refractivity contribution in [3.63, 3.8) is 0 Å². The number of ether oxygens (including phenoxy) is 1. The van der Waals surface area contributed by atoms with Crippen LogP contribution in [0.25, 0.3) is 6.08 Å². The minimum atomic E-state index is -0.609. The largest absolute Gasteiger partial charge is 0.494 e. The van der Waals surface area contributed by atoms with Crippen molar-refractivity contribution < 1.29 is 9.84 Å². The Hall–Kier alpha value is -1.56. The molecule has 1 unspecified atom stereocenters. The van der Waals surface area contributed by atoms with Crippen LogP contribution < -0.4 is 15.4 Å². The van der Waals surface area contributed by atoms with Gasteiger partial charge in [0.05, 0.1) is 6.61 Å². The summed E-state index contributed by atoms with van der Waals surface area (Å²) in [7, 11) is 0. The lowest BCUT2D eigenvalue weighted by atomic mass is 10.1. The normalized spacial score (nSPS) is 21.2. The van der Waals surface area contributed by atoms with Gasteiger partial charge in [-0.15, -0.1) is 0 Å². The number of anilines is 1. The summed E-state index contributed by atoms with van der Waals surface area (Å²) in [4.78, 5) is 2.51. The molecular formula is C17H25N3O2. The van der Waals surface area contributed by atoms with Gasteiger partial charge in [0.25, 0.3) is 0 Å². The standard InChI is InChI=1S/C17H25N3O2/c21-17-6-4-14-3-5-15(13-16(14)19-17)22-12-2-1-9-20-10-7-18-8-11-20/h3-6,13,17-19,21H,1-2,7-12H2. The molecule has 0 radical (unpaired) electrons. The average molecular weight is 303 g/mol. The van der Waals surface area contributed by atoms with Crippen LogP contribution in [0.5, 0.6) is 5.75 Å². The molecule has 0 aliphatic carbocycles. The van der Waals surface area contributed by atoms with Crippen LogP contribution in [0.2, 0.25) is 0 Å². The van der Waals surface area contributed by atoms with Gasteiger partial charge >= 0.3 is 0 Å². The number of nitrogens with one attached hydrogen (secondary N) is 2. The van der Waals surface area contributed by atoms with E-state index >= 15 is 0 Å². The number of unbranched alkanes of at least 4 members (excludes halogenated alkanes) is 1. The van der Waals surface area contributed by atoms with Crippen LogP contribution in [0.3, 0.4) is 0 Å². The third kappa shape index (κ3) is 4.22. The van der Waals surface area contributed by atoms with E-state index in [0.717, 1.165) is 62.8 Å². The Labute approximate surface area is 132 Å². The molecular weight excluding hydrogens is 278 g/mol. The second-order valence-electron chi connectivity index (χ2n) is 5.84. The maximum absolute atomic E-state index is 9.57. The molecule has 1 aromatic carbocycles. The van der Waals surface area contributed by atoms with Crippen LogP contribution in [0.4, 0.5) is 5.69 Å². The molecule has 0 spiro atoms. The Morgan fingerprint density at radius 3 is 2.95 bits per heavy atom. The summed E-state index contributed by atoms with van der Waals surface area (Å²) in [5, 5.41) is 16.0. The number of rotatable bonds is 6. The van der Waals surface area contributed by atoms with Gasteiger partial charge < -0.3 is 25.4 Å². The van der Waals surface area contributed by atoms with E-state index in [0.29, 0.717) is 0 Å². The fourth-order valence-corrected chi connectivity index (χ4v) is 2.86. The van der Waals surface area contributed by atoms with E-state index in [1.165, 1.54) is 6.42 Å². The lowest BCUT2D eigenvalue weighted by Crippen LogP contribution is -2.43. The van der Waals surface area contributed by atoms with E-state index in [-0.39, 0.29) is 0 Å². The van der Waals surface area contributed by atoms with E-state index < -0.39 is 6.23 Å². The van der Waals surface area contributed by atoms with Gasteiger partial charge in [-0.25, -0.2) is 0 Å². The summed E-state index contributed by atoms with van der Waals surface area (Å²) in [6, 6.07) is 5.96. The van der Waals surface area contributed by atoms with Crippen LogP contribution >= 0.6 is 0 Å². The summed E-state index contributed by atoms with van der Waals surface area (Å²) >= 11 is 0. The maximum atomic E-state index is 9.57. The molecule has 0 bridgehead atoms. The summed E-state index contributed by atoms with van der Waals surface area (Å²) in [5.74, 6) is 0.857. The molecule has 22 heavy (non-hydrogen) atoms. The van der Waals surface area contributed by atoms with Crippen molar-refractivity contribution in [1.29, 1.82) is 0 Å². The molecule has 2 heterocycles. The number of hydrogen-bond donors (Lipinski definition) is 3. The van der Waals surface area contributed by atoms with Crippen LogP contribution in [-0.2, 0) is 0 Å². The zero-order chi connectivity index (χ0) is 15.2. The van der Waals surface area contributed by atoms with Gasteiger partial charge in [0.1, 0.15) is 12.0 Å². The molecule has 0 aromatic heterocycles. The number of fused-ring (bicyclic) bond motifs is 1. The zero-order valence-corrected chi connectivity index (χ0v) is 12.9. The highest BCUT2D eigenvalue weighted by Gasteiger charge is 2.11. The second-order valence-corrected chi connectivity index (χ2v) is 5.84. The molecule has 1 aromatic rings. The first-order valence-electron chi connectivity index (χ1n) is 8.14. The molecule has 3 rings (SSSR count). The van der Waals surface area contributed by atoms with Crippen LogP contribution in [0.1, 0.15) is 18.4 Å². The Kier molecular flexibility index (Phi) is 5.32. The van der Waals surface area contributed by atoms with Crippen molar-refractivity contribution in [2.24, 2.45) is 0 Å². The molecule has 2 aliphatic heterocycles. The highest BCUT2D eigenvalue weighted by Crippen LogP contribution is 2.27. The number of benzene rings is 1. The minimum absolute atomic E-state index is 0.609. The first-order valence-corrected chi connectivity index (χ1v) is 8.14. The second kappa shape index (κ2) is 7.63. The smallest absolute Gasteiger partial charge is 0.144 e. The molecule has 2 aliphatic rings. The zero-order valence-electron chi connectivity index (χ0n) is 12.9. The number of nitrogens with zero attached hydrogens (tertiary/aromatic N) is 1. The average Bonchev–Trinajstić information content (AvgIpc) is 2.55. The van der Waals surface area contributed by atoms with Crippen LogP contribution in [0, 0.1) is 0 Å². The van der Waals surface area contributed by atoms with Crippen molar-refractivity contribution in [2.45, 2.75) is 19.1 Å². The quantitative estimate of drug-likeness (QED) is 0.696. The third-order valence-electron chi connectivity index (χ3n) is 4.13. The summed E-state index contributed by atoms with van der Waals surface area (Å²) in [5.41, 5.74) is 2.00. The summed E-state index contributed by atoms with van der Waals surface area (Å²) < 4.78 is 5.82. The predicted molar refractivity (Wildman–Crippen MR) is 89.1 cm³/mol. The molecule has 1 atom stereocenters. The van der Waals surface area contributed by atoms with Crippen molar-refractivity contribution in [2.75, 3.05) is 44.6 Å². The van der Waals surface area contributed by atoms with E-state index in [4.69, 9.17) is 4.74 Å². The fraction of sp³-hybridized carbons (Fsp3) is 0.529. The monoisotopic (exact) mass is 303 g/mol. The van der Waals surface area contributed by atoms with Gasteiger partial charge in [-0.05, 0) is 43.2 Å². The molecule has 1 saturated heterocycles. The van der Waals surface area contributed by atoms with E-state index in [1.807, 2.05) is 24.3 Å². The van der Waals surface area contributed by atoms with Crippen molar-refractivity contribution in [3.8, 4) is 5.75 Å². The minimum Gasteiger partial charge on any atom is -0.494 e. The predicted octanol–water partition coefficient (Wildman–Crippen LogP) is 1.51. The topological polar surface area (TPSA) is 56.8 Å². The van der Waals surface area contributed by atoms with E-state index in [1.54, 1.807) is 6.08 Å². The molecule has 5 heteroatoms. The Morgan fingerprint density at radius 2 is 2.09 bits per heavy atom. The van der Waals surface area contributed by atoms with Crippen LogP contribution in [0.15, 0.2) is 24.3 Å². The highest BCUT2D eigenvalue weighted by atomic mass is 16.5. The molecule has 1 fully saturated rings. The van der Waals surface area contributed by atoms with E-state index in [9.17, 15) is 5.11 Å². The maximum Gasteiger partial charge on any atom is 0.144 e. The summed E-state index contributed by atoms with van der Waals surface area (Å²) in [6.45, 7) is 6.44. The molecule has 3 N–H and O–H groups in total. The van der Waals surface area contributed by atoms with Crippen LogP contribution in [-0.4, -0.2) is 55.6 Å². The van der Waals surface area contributed by atoms with Gasteiger partial charge in [-0.2, -0.15) is 0 Å². The van der Waals surface area contributed by atoms with Gasteiger partial charge in [0.15, 0.2) is 0 Å². The van der Waals surface area contributed by atoms with Crippen molar-refractivity contribution in [1.82, 2.24) is 10.2 Å². The lowest BCUT2D eigenvalue weighted by Gasteiger charge is -2.27.